The highest BCUT2D eigenvalue weighted by Gasteiger charge is 2.25. The zero-order chi connectivity index (χ0) is 20.1. The van der Waals surface area contributed by atoms with E-state index in [4.69, 9.17) is 0 Å². The van der Waals surface area contributed by atoms with Crippen LogP contribution in [0, 0.1) is 0 Å². The van der Waals surface area contributed by atoms with E-state index in [2.05, 4.69) is 32.3 Å². The molecule has 29 heavy (non-hydrogen) atoms. The van der Waals surface area contributed by atoms with Gasteiger partial charge in [0, 0.05) is 56.5 Å². The van der Waals surface area contributed by atoms with Gasteiger partial charge in [0.05, 0.1) is 17.8 Å². The summed E-state index contributed by atoms with van der Waals surface area (Å²) in [5.74, 6) is 0.577. The van der Waals surface area contributed by atoms with Gasteiger partial charge in [-0.1, -0.05) is 0 Å². The Bertz CT molecular complexity index is 898. The van der Waals surface area contributed by atoms with Crippen LogP contribution in [0.25, 0.3) is 0 Å². The van der Waals surface area contributed by atoms with Gasteiger partial charge in [-0.2, -0.15) is 10.2 Å². The molecule has 1 aliphatic rings. The molecule has 0 spiro atoms. The molecule has 152 valence electrons. The van der Waals surface area contributed by atoms with E-state index in [9.17, 15) is 4.79 Å². The summed E-state index contributed by atoms with van der Waals surface area (Å²) in [4.78, 5) is 19.0. The first-order valence-corrected chi connectivity index (χ1v) is 10.2. The fourth-order valence-electron chi connectivity index (χ4n) is 3.90. The highest BCUT2D eigenvalue weighted by atomic mass is 16.1. The summed E-state index contributed by atoms with van der Waals surface area (Å²) < 4.78 is 3.95. The molecule has 0 radical (unpaired) electrons. The first kappa shape index (κ1) is 19.3. The molecule has 1 saturated heterocycles. The highest BCUT2D eigenvalue weighted by Crippen LogP contribution is 2.27. The number of aromatic nitrogens is 5. The Morgan fingerprint density at radius 2 is 2.03 bits per heavy atom. The third kappa shape index (κ3) is 4.71. The summed E-state index contributed by atoms with van der Waals surface area (Å²) in [5, 5.41) is 11.7. The van der Waals surface area contributed by atoms with Gasteiger partial charge in [0.25, 0.3) is 5.91 Å². The van der Waals surface area contributed by atoms with Crippen molar-refractivity contribution in [3.63, 3.8) is 0 Å². The topological polar surface area (TPSA) is 80.9 Å². The van der Waals surface area contributed by atoms with E-state index < -0.39 is 0 Å². The standard InChI is InChI=1S/C21H27N7O/c1-17(6-15-27-12-3-10-23-27)26-13-7-19(8-14-26)28-20(5-11-24-28)25-21(29)18-4-2-9-22-16-18/h2-5,9-12,16-17,19H,6-8,13-15H2,1H3,(H,25,29). The Balaban J connectivity index is 1.31. The Morgan fingerprint density at radius 3 is 2.76 bits per heavy atom. The van der Waals surface area contributed by atoms with E-state index in [-0.39, 0.29) is 5.91 Å². The van der Waals surface area contributed by atoms with Crippen LogP contribution in [0.2, 0.25) is 0 Å². The summed E-state index contributed by atoms with van der Waals surface area (Å²) in [7, 11) is 0. The molecule has 1 aliphatic heterocycles. The minimum Gasteiger partial charge on any atom is -0.307 e. The predicted octanol–water partition coefficient (Wildman–Crippen LogP) is 2.84. The number of carbonyl (C=O) groups excluding carboxylic acids is 1. The molecular formula is C21H27N7O. The van der Waals surface area contributed by atoms with Crippen LogP contribution in [0.15, 0.2) is 55.2 Å². The van der Waals surface area contributed by atoms with Crippen molar-refractivity contribution in [3.05, 3.63) is 60.8 Å². The quantitative estimate of drug-likeness (QED) is 0.668. The van der Waals surface area contributed by atoms with E-state index in [1.807, 2.05) is 33.9 Å². The van der Waals surface area contributed by atoms with Gasteiger partial charge in [0.1, 0.15) is 5.82 Å². The molecule has 8 heteroatoms. The average molecular weight is 393 g/mol. The van der Waals surface area contributed by atoms with E-state index in [1.54, 1.807) is 30.7 Å². The average Bonchev–Trinajstić information content (AvgIpc) is 3.45. The second-order valence-corrected chi connectivity index (χ2v) is 7.53. The predicted molar refractivity (Wildman–Crippen MR) is 111 cm³/mol. The summed E-state index contributed by atoms with van der Waals surface area (Å²) >= 11 is 0. The minimum atomic E-state index is -0.162. The lowest BCUT2D eigenvalue weighted by molar-refractivity contribution is 0.102. The van der Waals surface area contributed by atoms with E-state index in [0.29, 0.717) is 17.6 Å². The molecule has 4 heterocycles. The summed E-state index contributed by atoms with van der Waals surface area (Å²) in [5.41, 5.74) is 0.543. The normalized spacial score (nSPS) is 16.6. The third-order valence-corrected chi connectivity index (χ3v) is 5.64. The zero-order valence-corrected chi connectivity index (χ0v) is 16.7. The lowest BCUT2D eigenvalue weighted by Gasteiger charge is -2.36. The fraction of sp³-hybridized carbons (Fsp3) is 0.429. The van der Waals surface area contributed by atoms with Crippen molar-refractivity contribution in [3.8, 4) is 0 Å². The second kappa shape index (κ2) is 9.00. The number of likely N-dealkylation sites (tertiary alicyclic amines) is 1. The van der Waals surface area contributed by atoms with Gasteiger partial charge in [-0.3, -0.25) is 14.5 Å². The summed E-state index contributed by atoms with van der Waals surface area (Å²) in [6.45, 7) is 5.29. The first-order valence-electron chi connectivity index (χ1n) is 10.2. The van der Waals surface area contributed by atoms with Crippen LogP contribution in [0.1, 0.15) is 42.6 Å². The van der Waals surface area contributed by atoms with Crippen molar-refractivity contribution < 1.29 is 4.79 Å². The number of nitrogens with one attached hydrogen (secondary N) is 1. The molecule has 1 unspecified atom stereocenters. The van der Waals surface area contributed by atoms with Crippen LogP contribution >= 0.6 is 0 Å². The number of carbonyl (C=O) groups is 1. The van der Waals surface area contributed by atoms with Crippen LogP contribution < -0.4 is 5.32 Å². The van der Waals surface area contributed by atoms with Gasteiger partial charge in [0.2, 0.25) is 0 Å². The molecule has 1 amide bonds. The maximum Gasteiger partial charge on any atom is 0.258 e. The molecule has 1 atom stereocenters. The molecular weight excluding hydrogens is 366 g/mol. The van der Waals surface area contributed by atoms with Crippen molar-refractivity contribution in [2.45, 2.75) is 44.8 Å². The minimum absolute atomic E-state index is 0.162. The van der Waals surface area contributed by atoms with Gasteiger partial charge in [-0.15, -0.1) is 0 Å². The molecule has 0 saturated carbocycles. The monoisotopic (exact) mass is 393 g/mol. The van der Waals surface area contributed by atoms with Crippen molar-refractivity contribution in [1.82, 2.24) is 29.4 Å². The smallest absolute Gasteiger partial charge is 0.258 e. The highest BCUT2D eigenvalue weighted by molar-refractivity contribution is 6.03. The largest absolute Gasteiger partial charge is 0.307 e. The van der Waals surface area contributed by atoms with Gasteiger partial charge in [-0.25, -0.2) is 4.68 Å². The molecule has 1 fully saturated rings. The number of hydrogen-bond acceptors (Lipinski definition) is 5. The molecule has 0 aliphatic carbocycles. The number of pyridine rings is 1. The van der Waals surface area contributed by atoms with E-state index in [0.717, 1.165) is 44.7 Å². The fourth-order valence-corrected chi connectivity index (χ4v) is 3.90. The lowest BCUT2D eigenvalue weighted by atomic mass is 10.0. The molecule has 0 aromatic carbocycles. The first-order chi connectivity index (χ1) is 14.2. The third-order valence-electron chi connectivity index (χ3n) is 5.64. The number of rotatable bonds is 7. The maximum atomic E-state index is 12.5. The Morgan fingerprint density at radius 1 is 1.17 bits per heavy atom. The van der Waals surface area contributed by atoms with Gasteiger partial charge < -0.3 is 10.2 Å². The molecule has 3 aromatic heterocycles. The Hall–Kier alpha value is -3.00. The molecule has 4 rings (SSSR count). The summed E-state index contributed by atoms with van der Waals surface area (Å²) in [6.07, 6.45) is 11.9. The number of anilines is 1. The molecule has 3 aromatic rings. The Kier molecular flexibility index (Phi) is 6.00. The van der Waals surface area contributed by atoms with Crippen molar-refractivity contribution in [2.75, 3.05) is 18.4 Å². The van der Waals surface area contributed by atoms with Crippen LogP contribution in [0.4, 0.5) is 5.82 Å². The van der Waals surface area contributed by atoms with Crippen LogP contribution in [0.5, 0.6) is 0 Å². The van der Waals surface area contributed by atoms with Crippen LogP contribution in [-0.4, -0.2) is 54.5 Å². The van der Waals surface area contributed by atoms with E-state index >= 15 is 0 Å². The number of aryl methyl sites for hydroxylation is 1. The van der Waals surface area contributed by atoms with Crippen LogP contribution in [0.3, 0.4) is 0 Å². The van der Waals surface area contributed by atoms with Gasteiger partial charge in [-0.05, 0) is 44.4 Å². The van der Waals surface area contributed by atoms with E-state index in [1.165, 1.54) is 0 Å². The molecule has 0 bridgehead atoms. The van der Waals surface area contributed by atoms with Gasteiger partial charge in [0.15, 0.2) is 0 Å². The summed E-state index contributed by atoms with van der Waals surface area (Å²) in [6, 6.07) is 8.14. The van der Waals surface area contributed by atoms with Crippen LogP contribution in [-0.2, 0) is 6.54 Å². The van der Waals surface area contributed by atoms with Crippen molar-refractivity contribution >= 4 is 11.7 Å². The number of nitrogens with zero attached hydrogens (tertiary/aromatic N) is 6. The number of piperidine rings is 1. The second-order valence-electron chi connectivity index (χ2n) is 7.53. The number of amides is 1. The Labute approximate surface area is 170 Å². The van der Waals surface area contributed by atoms with Crippen molar-refractivity contribution in [2.24, 2.45) is 0 Å². The van der Waals surface area contributed by atoms with Gasteiger partial charge >= 0.3 is 0 Å². The molecule has 1 N–H and O–H groups in total. The maximum absolute atomic E-state index is 12.5. The molecule has 8 nitrogen and oxygen atoms in total. The lowest BCUT2D eigenvalue weighted by Crippen LogP contribution is -2.41. The zero-order valence-electron chi connectivity index (χ0n) is 16.7. The SMILES string of the molecule is CC(CCn1cccn1)N1CCC(n2nccc2NC(=O)c2cccnc2)CC1. The number of hydrogen-bond donors (Lipinski definition) is 1. The van der Waals surface area contributed by atoms with Crippen molar-refractivity contribution in [1.29, 1.82) is 0 Å².